The molecule has 3 N–H and O–H groups in total. The van der Waals surface area contributed by atoms with Crippen LogP contribution in [-0.2, 0) is 10.2 Å². The minimum atomic E-state index is -0.977. The van der Waals surface area contributed by atoms with Crippen LogP contribution in [0, 0.1) is 6.92 Å². The molecule has 0 saturated heterocycles. The third-order valence-electron chi connectivity index (χ3n) is 7.04. The molecule has 184 valence electrons. The summed E-state index contributed by atoms with van der Waals surface area (Å²) in [4.78, 5) is 11.0. The first kappa shape index (κ1) is 25.0. The van der Waals surface area contributed by atoms with Crippen LogP contribution in [0.3, 0.4) is 0 Å². The van der Waals surface area contributed by atoms with Crippen molar-refractivity contribution in [1.29, 1.82) is 0 Å². The summed E-state index contributed by atoms with van der Waals surface area (Å²) in [5.41, 5.74) is 8.01. The number of hydrogen-bond acceptors (Lipinski definition) is 5. The molecule has 6 heteroatoms. The van der Waals surface area contributed by atoms with Gasteiger partial charge in [0.15, 0.2) is 6.61 Å². The van der Waals surface area contributed by atoms with Gasteiger partial charge in [0, 0.05) is 35.3 Å². The van der Waals surface area contributed by atoms with Crippen LogP contribution in [-0.4, -0.2) is 31.3 Å². The van der Waals surface area contributed by atoms with Gasteiger partial charge in [-0.05, 0) is 84.5 Å². The molecule has 35 heavy (non-hydrogen) atoms. The zero-order valence-corrected chi connectivity index (χ0v) is 21.3. The highest BCUT2D eigenvalue weighted by Gasteiger charge is 2.39. The maximum Gasteiger partial charge on any atom is 0.341 e. The van der Waals surface area contributed by atoms with Gasteiger partial charge in [-0.2, -0.15) is 0 Å². The first-order valence-corrected chi connectivity index (χ1v) is 12.7. The van der Waals surface area contributed by atoms with Gasteiger partial charge >= 0.3 is 5.97 Å². The first-order chi connectivity index (χ1) is 16.9. The lowest BCUT2D eigenvalue weighted by molar-refractivity contribution is -0.139. The Hall–Kier alpha value is -3.12. The normalized spacial score (nSPS) is 15.4. The van der Waals surface area contributed by atoms with Crippen LogP contribution in [0.25, 0.3) is 11.1 Å². The minimum absolute atomic E-state index is 0.313. The Morgan fingerprint density at radius 2 is 1.74 bits per heavy atom. The second-order valence-corrected chi connectivity index (χ2v) is 9.93. The zero-order chi connectivity index (χ0) is 24.8. The summed E-state index contributed by atoms with van der Waals surface area (Å²) in [6.45, 7) is 2.66. The molecule has 1 fully saturated rings. The van der Waals surface area contributed by atoms with E-state index in [1.807, 2.05) is 20.0 Å². The zero-order valence-electron chi connectivity index (χ0n) is 20.4. The number of fused-ring (bicyclic) bond motifs is 2. The molecule has 0 aromatic heterocycles. The predicted octanol–water partition coefficient (Wildman–Crippen LogP) is 6.77. The van der Waals surface area contributed by atoms with Gasteiger partial charge in [0.25, 0.3) is 0 Å². The Kier molecular flexibility index (Phi) is 7.91. The topological polar surface area (TPSA) is 70.6 Å². The molecular weight excluding hydrogens is 456 g/mol. The molecular formula is C29H34N2O3S. The number of thiol groups is 1. The van der Waals surface area contributed by atoms with E-state index < -0.39 is 5.97 Å². The second kappa shape index (κ2) is 11.1. The van der Waals surface area contributed by atoms with E-state index in [1.54, 1.807) is 17.7 Å². The highest BCUT2D eigenvalue weighted by Crippen LogP contribution is 2.47. The number of aryl methyl sites for hydroxylation is 1. The largest absolute Gasteiger partial charge is 0.482 e. The number of aliphatic carboxylic acids is 1. The molecule has 1 aliphatic carbocycles. The van der Waals surface area contributed by atoms with E-state index in [9.17, 15) is 4.79 Å². The summed E-state index contributed by atoms with van der Waals surface area (Å²) in [6, 6.07) is 21.0. The van der Waals surface area contributed by atoms with Gasteiger partial charge in [0.05, 0.1) is 0 Å². The Bertz CT molecular complexity index is 1170. The lowest BCUT2D eigenvalue weighted by atomic mass is 9.70. The van der Waals surface area contributed by atoms with Crippen molar-refractivity contribution < 1.29 is 14.6 Å². The van der Waals surface area contributed by atoms with Crippen molar-refractivity contribution in [3.63, 3.8) is 0 Å². The van der Waals surface area contributed by atoms with Crippen molar-refractivity contribution in [1.82, 2.24) is 0 Å². The highest BCUT2D eigenvalue weighted by atomic mass is 32.1. The molecule has 1 saturated carbocycles. The summed E-state index contributed by atoms with van der Waals surface area (Å²) in [5.74, 6) is -0.394. The van der Waals surface area contributed by atoms with E-state index in [0.29, 0.717) is 11.2 Å². The fraction of sp³-hybridized carbons (Fsp3) is 0.345. The monoisotopic (exact) mass is 490 g/mol. The number of ether oxygens (including phenoxy) is 1. The number of rotatable bonds is 5. The smallest absolute Gasteiger partial charge is 0.341 e. The molecule has 0 amide bonds. The van der Waals surface area contributed by atoms with E-state index in [4.69, 9.17) is 9.84 Å². The number of hydrogen-bond donors (Lipinski definition) is 4. The molecule has 2 aliphatic rings. The van der Waals surface area contributed by atoms with Gasteiger partial charge in [0.1, 0.15) is 5.75 Å². The number of carboxylic acid groups (broad SMARTS) is 1. The van der Waals surface area contributed by atoms with Crippen LogP contribution in [0.15, 0.2) is 65.6 Å². The third-order valence-corrected chi connectivity index (χ3v) is 7.31. The van der Waals surface area contributed by atoms with Gasteiger partial charge in [-0.1, -0.05) is 37.5 Å². The van der Waals surface area contributed by atoms with Gasteiger partial charge in [-0.3, -0.25) is 0 Å². The van der Waals surface area contributed by atoms with Gasteiger partial charge in [-0.25, -0.2) is 4.79 Å². The molecule has 1 aliphatic heterocycles. The maximum atomic E-state index is 10.2. The first-order valence-electron chi connectivity index (χ1n) is 12.2. The molecule has 3 aromatic rings. The van der Waals surface area contributed by atoms with Gasteiger partial charge in [-0.15, -0.1) is 12.6 Å². The maximum absolute atomic E-state index is 10.2. The molecule has 0 bridgehead atoms. The lowest BCUT2D eigenvalue weighted by Crippen LogP contribution is -2.30. The number of anilines is 2. The summed E-state index contributed by atoms with van der Waals surface area (Å²) >= 11 is 4.14. The summed E-state index contributed by atoms with van der Waals surface area (Å²) in [5, 5.41) is 15.2. The molecule has 5 rings (SSSR count). The summed E-state index contributed by atoms with van der Waals surface area (Å²) in [6.07, 6.45) is 6.84. The number of benzene rings is 3. The van der Waals surface area contributed by atoms with E-state index in [2.05, 4.69) is 65.7 Å². The van der Waals surface area contributed by atoms with E-state index in [1.165, 1.54) is 48.9 Å². The molecule has 1 heterocycles. The second-order valence-electron chi connectivity index (χ2n) is 9.41. The Labute approximate surface area is 213 Å². The van der Waals surface area contributed by atoms with Crippen molar-refractivity contribution in [2.24, 2.45) is 0 Å². The van der Waals surface area contributed by atoms with E-state index >= 15 is 0 Å². The van der Waals surface area contributed by atoms with Crippen LogP contribution < -0.4 is 15.4 Å². The molecule has 1 spiro atoms. The number of carbonyl (C=O) groups is 1. The van der Waals surface area contributed by atoms with Gasteiger partial charge in [0.2, 0.25) is 0 Å². The van der Waals surface area contributed by atoms with Crippen LogP contribution in [0.5, 0.6) is 5.75 Å². The lowest BCUT2D eigenvalue weighted by Gasteiger charge is -2.33. The third kappa shape index (κ3) is 5.93. The van der Waals surface area contributed by atoms with Crippen molar-refractivity contribution >= 4 is 30.0 Å². The quantitative estimate of drug-likeness (QED) is 0.297. The van der Waals surface area contributed by atoms with Crippen molar-refractivity contribution in [2.75, 3.05) is 30.8 Å². The minimum Gasteiger partial charge on any atom is -0.482 e. The van der Waals surface area contributed by atoms with Crippen LogP contribution >= 0.6 is 12.6 Å². The fourth-order valence-electron chi connectivity index (χ4n) is 5.12. The fourth-order valence-corrected chi connectivity index (χ4v) is 5.38. The summed E-state index contributed by atoms with van der Waals surface area (Å²) < 4.78 is 5.02. The van der Waals surface area contributed by atoms with E-state index in [0.717, 1.165) is 22.7 Å². The Balaban J connectivity index is 0.000000191. The molecule has 0 atom stereocenters. The van der Waals surface area contributed by atoms with Crippen molar-refractivity contribution in [3.8, 4) is 16.9 Å². The Morgan fingerprint density at radius 1 is 1.03 bits per heavy atom. The molecule has 0 radical (unpaired) electrons. The average molecular weight is 491 g/mol. The Morgan fingerprint density at radius 3 is 2.40 bits per heavy atom. The highest BCUT2D eigenvalue weighted by molar-refractivity contribution is 7.80. The van der Waals surface area contributed by atoms with E-state index in [-0.39, 0.29) is 6.61 Å². The molecule has 3 aromatic carbocycles. The van der Waals surface area contributed by atoms with Crippen LogP contribution in [0.1, 0.15) is 43.2 Å². The molecule has 5 nitrogen and oxygen atoms in total. The van der Waals surface area contributed by atoms with Crippen LogP contribution in [0.4, 0.5) is 11.4 Å². The van der Waals surface area contributed by atoms with Crippen molar-refractivity contribution in [3.05, 3.63) is 71.8 Å². The number of nitrogens with one attached hydrogen (secondary N) is 2. The number of carboxylic acids is 1. The molecule has 0 unspecified atom stereocenters. The standard InChI is InChI=1S/C20H24N2.C9H10O3S/c1-21-17-8-5-15(6-9-17)16-7-10-19-18(13-16)20(14-22-19)11-3-2-4-12-20;1-6-4-7(13)2-3-8(6)12-5-9(10)11/h5-10,13,21-22H,2-4,11-12,14H2,1H3;2-4,13H,5H2,1H3,(H,10,11). The SMILES string of the molecule is CNc1ccc(-c2ccc3c(c2)C2(CCCCC2)CN3)cc1.Cc1cc(S)ccc1OCC(=O)O. The van der Waals surface area contributed by atoms with Gasteiger partial charge < -0.3 is 20.5 Å². The average Bonchev–Trinajstić information content (AvgIpc) is 3.21. The predicted molar refractivity (Wildman–Crippen MR) is 146 cm³/mol. The summed E-state index contributed by atoms with van der Waals surface area (Å²) in [7, 11) is 1.96. The van der Waals surface area contributed by atoms with Crippen LogP contribution in [0.2, 0.25) is 0 Å². The van der Waals surface area contributed by atoms with Crippen molar-refractivity contribution in [2.45, 2.75) is 49.3 Å².